The van der Waals surface area contributed by atoms with Gasteiger partial charge in [0.25, 0.3) is 0 Å². The fourth-order valence-corrected chi connectivity index (χ4v) is 1.65. The number of rotatable bonds is 3. The molecule has 0 fully saturated rings. The van der Waals surface area contributed by atoms with E-state index in [-0.39, 0.29) is 6.04 Å². The van der Waals surface area contributed by atoms with Gasteiger partial charge in [-0.2, -0.15) is 0 Å². The number of anilines is 1. The Kier molecular flexibility index (Phi) is 3.38. The van der Waals surface area contributed by atoms with E-state index in [4.69, 9.17) is 0 Å². The van der Waals surface area contributed by atoms with Crippen molar-refractivity contribution in [3.8, 4) is 0 Å². The van der Waals surface area contributed by atoms with Gasteiger partial charge < -0.3 is 5.32 Å². The summed E-state index contributed by atoms with van der Waals surface area (Å²) in [6.07, 6.45) is 1.77. The number of hydrogen-bond acceptors (Lipinski definition) is 3. The van der Waals surface area contributed by atoms with Crippen LogP contribution in [0.5, 0.6) is 0 Å². The van der Waals surface area contributed by atoms with Crippen molar-refractivity contribution in [2.75, 3.05) is 5.32 Å². The number of hydrogen-bond donors (Lipinski definition) is 1. The minimum atomic E-state index is 0.206. The van der Waals surface area contributed by atoms with Gasteiger partial charge in [0.05, 0.1) is 6.04 Å². The van der Waals surface area contributed by atoms with Gasteiger partial charge in [-0.25, -0.2) is 9.97 Å². The monoisotopic (exact) mass is 227 g/mol. The molecule has 3 heteroatoms. The maximum absolute atomic E-state index is 4.33. The Morgan fingerprint density at radius 1 is 1.06 bits per heavy atom. The lowest BCUT2D eigenvalue weighted by Crippen LogP contribution is -2.09. The van der Waals surface area contributed by atoms with Crippen LogP contribution in [0.4, 0.5) is 5.95 Å². The Morgan fingerprint density at radius 3 is 2.41 bits per heavy atom. The highest BCUT2D eigenvalue weighted by Gasteiger charge is 2.06. The van der Waals surface area contributed by atoms with Crippen molar-refractivity contribution in [1.82, 2.24) is 9.97 Å². The van der Waals surface area contributed by atoms with Gasteiger partial charge in [0.1, 0.15) is 0 Å². The minimum Gasteiger partial charge on any atom is -0.348 e. The van der Waals surface area contributed by atoms with Gasteiger partial charge in [-0.05, 0) is 32.4 Å². The largest absolute Gasteiger partial charge is 0.348 e. The molecule has 0 amide bonds. The molecule has 2 rings (SSSR count). The van der Waals surface area contributed by atoms with Crippen molar-refractivity contribution in [1.29, 1.82) is 0 Å². The first-order valence-electron chi connectivity index (χ1n) is 5.78. The topological polar surface area (TPSA) is 37.8 Å². The predicted molar refractivity (Wildman–Crippen MR) is 70.0 cm³/mol. The molecular weight excluding hydrogens is 210 g/mol. The average molecular weight is 227 g/mol. The standard InChI is InChI=1S/C14H17N3/c1-10-4-6-13(7-5-10)12(3)17-14-15-9-8-11(2)16-14/h4-9,12H,1-3H3,(H,15,16,17). The van der Waals surface area contributed by atoms with Crippen LogP contribution in [0.3, 0.4) is 0 Å². The molecule has 1 N–H and O–H groups in total. The van der Waals surface area contributed by atoms with Gasteiger partial charge in [-0.15, -0.1) is 0 Å². The summed E-state index contributed by atoms with van der Waals surface area (Å²) in [6.45, 7) is 6.16. The lowest BCUT2D eigenvalue weighted by atomic mass is 10.1. The summed E-state index contributed by atoms with van der Waals surface area (Å²) in [5, 5.41) is 3.30. The van der Waals surface area contributed by atoms with E-state index in [2.05, 4.69) is 53.4 Å². The van der Waals surface area contributed by atoms with E-state index in [0.717, 1.165) is 5.69 Å². The smallest absolute Gasteiger partial charge is 0.223 e. The van der Waals surface area contributed by atoms with Crippen molar-refractivity contribution in [3.05, 3.63) is 53.3 Å². The third-order valence-electron chi connectivity index (χ3n) is 2.72. The van der Waals surface area contributed by atoms with Gasteiger partial charge in [0.2, 0.25) is 5.95 Å². The molecule has 1 unspecified atom stereocenters. The molecule has 88 valence electrons. The van der Waals surface area contributed by atoms with Crippen LogP contribution < -0.4 is 5.32 Å². The van der Waals surface area contributed by atoms with Crippen molar-refractivity contribution in [2.45, 2.75) is 26.8 Å². The van der Waals surface area contributed by atoms with Crippen LogP contribution in [-0.2, 0) is 0 Å². The van der Waals surface area contributed by atoms with Gasteiger partial charge in [-0.3, -0.25) is 0 Å². The summed E-state index contributed by atoms with van der Waals surface area (Å²) in [6, 6.07) is 10.6. The number of aromatic nitrogens is 2. The quantitative estimate of drug-likeness (QED) is 0.874. The first-order chi connectivity index (χ1) is 8.15. The third kappa shape index (κ3) is 3.03. The third-order valence-corrected chi connectivity index (χ3v) is 2.72. The molecule has 0 aliphatic heterocycles. The predicted octanol–water partition coefficient (Wildman–Crippen LogP) is 3.27. The number of aryl methyl sites for hydroxylation is 2. The second-order valence-electron chi connectivity index (χ2n) is 4.30. The van der Waals surface area contributed by atoms with Crippen LogP contribution in [0.25, 0.3) is 0 Å². The van der Waals surface area contributed by atoms with Crippen LogP contribution in [0.1, 0.15) is 29.8 Å². The molecule has 0 aliphatic rings. The molecule has 1 aromatic heterocycles. The molecule has 0 bridgehead atoms. The summed E-state index contributed by atoms with van der Waals surface area (Å²) in [5.41, 5.74) is 3.48. The summed E-state index contributed by atoms with van der Waals surface area (Å²) in [5.74, 6) is 0.679. The van der Waals surface area contributed by atoms with Crippen LogP contribution in [-0.4, -0.2) is 9.97 Å². The molecule has 0 saturated carbocycles. The molecule has 1 heterocycles. The Bertz CT molecular complexity index is 491. The highest BCUT2D eigenvalue weighted by atomic mass is 15.1. The second kappa shape index (κ2) is 4.95. The van der Waals surface area contributed by atoms with Gasteiger partial charge in [-0.1, -0.05) is 29.8 Å². The Labute approximate surface area is 102 Å². The summed E-state index contributed by atoms with van der Waals surface area (Å²) in [4.78, 5) is 8.53. The number of nitrogens with one attached hydrogen (secondary N) is 1. The van der Waals surface area contributed by atoms with Crippen LogP contribution >= 0.6 is 0 Å². The van der Waals surface area contributed by atoms with Crippen molar-refractivity contribution < 1.29 is 0 Å². The zero-order valence-corrected chi connectivity index (χ0v) is 10.4. The zero-order valence-electron chi connectivity index (χ0n) is 10.4. The molecule has 2 aromatic rings. The maximum atomic E-state index is 4.33. The summed E-state index contributed by atoms with van der Waals surface area (Å²) >= 11 is 0. The van der Waals surface area contributed by atoms with E-state index in [1.165, 1.54) is 11.1 Å². The van der Waals surface area contributed by atoms with E-state index in [1.54, 1.807) is 6.20 Å². The first-order valence-corrected chi connectivity index (χ1v) is 5.78. The first kappa shape index (κ1) is 11.6. The molecule has 0 spiro atoms. The van der Waals surface area contributed by atoms with Crippen molar-refractivity contribution >= 4 is 5.95 Å². The molecular formula is C14H17N3. The van der Waals surface area contributed by atoms with E-state index in [0.29, 0.717) is 5.95 Å². The van der Waals surface area contributed by atoms with Crippen LogP contribution in [0, 0.1) is 13.8 Å². The Balaban J connectivity index is 2.11. The molecule has 3 nitrogen and oxygen atoms in total. The van der Waals surface area contributed by atoms with Crippen molar-refractivity contribution in [3.63, 3.8) is 0 Å². The minimum absolute atomic E-state index is 0.206. The van der Waals surface area contributed by atoms with E-state index in [9.17, 15) is 0 Å². The van der Waals surface area contributed by atoms with Gasteiger partial charge in [0, 0.05) is 11.9 Å². The molecule has 0 radical (unpaired) electrons. The van der Waals surface area contributed by atoms with Crippen LogP contribution in [0.15, 0.2) is 36.5 Å². The fraction of sp³-hybridized carbons (Fsp3) is 0.286. The molecule has 17 heavy (non-hydrogen) atoms. The molecule has 1 aromatic carbocycles. The van der Waals surface area contributed by atoms with Crippen LogP contribution in [0.2, 0.25) is 0 Å². The lowest BCUT2D eigenvalue weighted by molar-refractivity contribution is 0.856. The van der Waals surface area contributed by atoms with Gasteiger partial charge >= 0.3 is 0 Å². The molecule has 1 atom stereocenters. The van der Waals surface area contributed by atoms with Gasteiger partial charge in [0.15, 0.2) is 0 Å². The lowest BCUT2D eigenvalue weighted by Gasteiger charge is -2.14. The molecule has 0 saturated heterocycles. The zero-order chi connectivity index (χ0) is 12.3. The highest BCUT2D eigenvalue weighted by Crippen LogP contribution is 2.17. The van der Waals surface area contributed by atoms with Crippen molar-refractivity contribution in [2.24, 2.45) is 0 Å². The molecule has 0 aliphatic carbocycles. The van der Waals surface area contributed by atoms with E-state index in [1.807, 2.05) is 13.0 Å². The van der Waals surface area contributed by atoms with E-state index >= 15 is 0 Å². The highest BCUT2D eigenvalue weighted by molar-refractivity contribution is 5.32. The summed E-state index contributed by atoms with van der Waals surface area (Å²) < 4.78 is 0. The summed E-state index contributed by atoms with van der Waals surface area (Å²) in [7, 11) is 0. The fourth-order valence-electron chi connectivity index (χ4n) is 1.65. The Morgan fingerprint density at radius 2 is 1.76 bits per heavy atom. The maximum Gasteiger partial charge on any atom is 0.223 e. The SMILES string of the molecule is Cc1ccc(C(C)Nc2nccc(C)n2)cc1. The van der Waals surface area contributed by atoms with E-state index < -0.39 is 0 Å². The second-order valence-corrected chi connectivity index (χ2v) is 4.30. The normalized spacial score (nSPS) is 12.2. The number of benzene rings is 1. The average Bonchev–Trinajstić information content (AvgIpc) is 2.29. The number of nitrogens with zero attached hydrogens (tertiary/aromatic N) is 2. The Hall–Kier alpha value is -1.90.